The third-order valence-corrected chi connectivity index (χ3v) is 6.36. The highest BCUT2D eigenvalue weighted by molar-refractivity contribution is 7.89. The summed E-state index contributed by atoms with van der Waals surface area (Å²) in [5.41, 5.74) is 0. The maximum Gasteiger partial charge on any atom is 0.242 e. The van der Waals surface area contributed by atoms with Gasteiger partial charge in [-0.25, -0.2) is 13.1 Å². The highest BCUT2D eigenvalue weighted by atomic mass is 32.2. The standard InChI is InChI=1S/C14H24N2O3S2/c1-4-11(9-19-3)16-21(17,18)14-7-13(20-10(14)2)8-15-12-5-6-12/h7,11-12,15-16H,4-6,8-9H2,1-3H3. The van der Waals surface area contributed by atoms with E-state index in [1.807, 2.05) is 13.8 Å². The van der Waals surface area contributed by atoms with Crippen LogP contribution in [0.3, 0.4) is 0 Å². The van der Waals surface area contributed by atoms with Gasteiger partial charge in [0.2, 0.25) is 10.0 Å². The number of hydrogen-bond donors (Lipinski definition) is 2. The Morgan fingerprint density at radius 1 is 1.48 bits per heavy atom. The molecular weight excluding hydrogens is 308 g/mol. The van der Waals surface area contributed by atoms with Gasteiger partial charge in [-0.2, -0.15) is 0 Å². The van der Waals surface area contributed by atoms with Crippen molar-refractivity contribution >= 4 is 21.4 Å². The lowest BCUT2D eigenvalue weighted by Crippen LogP contribution is -2.37. The van der Waals surface area contributed by atoms with Gasteiger partial charge in [-0.15, -0.1) is 11.3 Å². The Balaban J connectivity index is 2.07. The van der Waals surface area contributed by atoms with Crippen LogP contribution in [0.15, 0.2) is 11.0 Å². The molecule has 0 aliphatic heterocycles. The zero-order chi connectivity index (χ0) is 15.5. The fraction of sp³-hybridized carbons (Fsp3) is 0.714. The first-order valence-electron chi connectivity index (χ1n) is 7.30. The number of methoxy groups -OCH3 is 1. The van der Waals surface area contributed by atoms with Gasteiger partial charge in [0.1, 0.15) is 0 Å². The second-order valence-corrected chi connectivity index (χ2v) is 8.49. The number of ether oxygens (including phenoxy) is 1. The Morgan fingerprint density at radius 2 is 2.19 bits per heavy atom. The maximum absolute atomic E-state index is 12.5. The molecule has 1 fully saturated rings. The fourth-order valence-electron chi connectivity index (χ4n) is 2.13. The molecule has 0 saturated heterocycles. The summed E-state index contributed by atoms with van der Waals surface area (Å²) in [6, 6.07) is 2.22. The Bertz CT molecular complexity index is 565. The van der Waals surface area contributed by atoms with E-state index in [0.29, 0.717) is 24.0 Å². The molecule has 1 saturated carbocycles. The summed E-state index contributed by atoms with van der Waals surface area (Å²) in [7, 11) is -1.90. The lowest BCUT2D eigenvalue weighted by Gasteiger charge is -2.15. The molecule has 1 unspecified atom stereocenters. The maximum atomic E-state index is 12.5. The van der Waals surface area contributed by atoms with Crippen molar-refractivity contribution in [2.24, 2.45) is 0 Å². The zero-order valence-electron chi connectivity index (χ0n) is 12.8. The van der Waals surface area contributed by atoms with Crippen LogP contribution >= 0.6 is 11.3 Å². The van der Waals surface area contributed by atoms with Crippen LogP contribution in [0.1, 0.15) is 35.9 Å². The molecule has 21 heavy (non-hydrogen) atoms. The van der Waals surface area contributed by atoms with Crippen LogP contribution in [0, 0.1) is 6.92 Å². The summed E-state index contributed by atoms with van der Waals surface area (Å²) in [5.74, 6) is 0. The summed E-state index contributed by atoms with van der Waals surface area (Å²) in [6.07, 6.45) is 3.16. The minimum atomic E-state index is -3.47. The van der Waals surface area contributed by atoms with Crippen LogP contribution in [0.4, 0.5) is 0 Å². The Morgan fingerprint density at radius 3 is 2.76 bits per heavy atom. The van der Waals surface area contributed by atoms with E-state index < -0.39 is 10.0 Å². The molecule has 1 aromatic heterocycles. The first-order chi connectivity index (χ1) is 9.96. The van der Waals surface area contributed by atoms with E-state index in [1.165, 1.54) is 12.8 Å². The highest BCUT2D eigenvalue weighted by Crippen LogP contribution is 2.27. The van der Waals surface area contributed by atoms with Crippen LogP contribution in [0.2, 0.25) is 0 Å². The first-order valence-corrected chi connectivity index (χ1v) is 9.60. The van der Waals surface area contributed by atoms with Crippen molar-refractivity contribution in [2.45, 2.75) is 56.6 Å². The van der Waals surface area contributed by atoms with Crippen LogP contribution in [-0.2, 0) is 21.3 Å². The second kappa shape index (κ2) is 7.19. The van der Waals surface area contributed by atoms with Crippen molar-refractivity contribution in [3.8, 4) is 0 Å². The molecule has 0 radical (unpaired) electrons. The fourth-order valence-corrected chi connectivity index (χ4v) is 5.02. The van der Waals surface area contributed by atoms with Gasteiger partial charge in [0.15, 0.2) is 0 Å². The quantitative estimate of drug-likeness (QED) is 0.726. The van der Waals surface area contributed by atoms with Gasteiger partial charge in [0, 0.05) is 35.5 Å². The van der Waals surface area contributed by atoms with Crippen LogP contribution in [0.5, 0.6) is 0 Å². The van der Waals surface area contributed by atoms with Crippen molar-refractivity contribution in [2.75, 3.05) is 13.7 Å². The molecule has 120 valence electrons. The smallest absolute Gasteiger partial charge is 0.242 e. The number of rotatable bonds is 9. The van der Waals surface area contributed by atoms with Gasteiger partial charge in [-0.05, 0) is 32.3 Å². The monoisotopic (exact) mass is 332 g/mol. The molecule has 0 aromatic carbocycles. The number of aryl methyl sites for hydroxylation is 1. The molecule has 5 nitrogen and oxygen atoms in total. The number of nitrogens with one attached hydrogen (secondary N) is 2. The molecule has 1 heterocycles. The largest absolute Gasteiger partial charge is 0.383 e. The molecule has 0 spiro atoms. The zero-order valence-corrected chi connectivity index (χ0v) is 14.4. The summed E-state index contributed by atoms with van der Waals surface area (Å²) < 4.78 is 32.7. The Hall–Kier alpha value is -0.470. The molecule has 1 aliphatic carbocycles. The van der Waals surface area contributed by atoms with Gasteiger partial charge in [0.05, 0.1) is 11.5 Å². The number of hydrogen-bond acceptors (Lipinski definition) is 5. The van der Waals surface area contributed by atoms with Crippen molar-refractivity contribution in [3.63, 3.8) is 0 Å². The summed E-state index contributed by atoms with van der Waals surface area (Å²) in [5, 5.41) is 3.41. The van der Waals surface area contributed by atoms with E-state index in [-0.39, 0.29) is 6.04 Å². The lowest BCUT2D eigenvalue weighted by molar-refractivity contribution is 0.173. The normalized spacial score (nSPS) is 17.1. The topological polar surface area (TPSA) is 67.4 Å². The third kappa shape index (κ3) is 4.75. The van der Waals surface area contributed by atoms with E-state index in [1.54, 1.807) is 24.5 Å². The van der Waals surface area contributed by atoms with E-state index in [4.69, 9.17) is 4.74 Å². The summed E-state index contributed by atoms with van der Waals surface area (Å²) in [4.78, 5) is 2.30. The van der Waals surface area contributed by atoms with Gasteiger partial charge in [-0.3, -0.25) is 0 Å². The number of sulfonamides is 1. The van der Waals surface area contributed by atoms with Crippen molar-refractivity contribution in [1.29, 1.82) is 0 Å². The summed E-state index contributed by atoms with van der Waals surface area (Å²) >= 11 is 1.55. The van der Waals surface area contributed by atoms with Gasteiger partial charge in [-0.1, -0.05) is 6.92 Å². The van der Waals surface area contributed by atoms with Crippen LogP contribution < -0.4 is 10.0 Å². The van der Waals surface area contributed by atoms with Gasteiger partial charge in [0.25, 0.3) is 0 Å². The first kappa shape index (κ1) is 16.9. The Labute approximate surface area is 131 Å². The van der Waals surface area contributed by atoms with Gasteiger partial charge >= 0.3 is 0 Å². The molecule has 2 rings (SSSR count). The van der Waals surface area contributed by atoms with Crippen molar-refractivity contribution in [1.82, 2.24) is 10.0 Å². The molecule has 1 aromatic rings. The van der Waals surface area contributed by atoms with E-state index >= 15 is 0 Å². The average molecular weight is 332 g/mol. The SMILES string of the molecule is CCC(COC)NS(=O)(=O)c1cc(CNC2CC2)sc1C. The predicted octanol–water partition coefficient (Wildman–Crippen LogP) is 2.01. The molecule has 7 heteroatoms. The molecule has 1 atom stereocenters. The molecule has 0 amide bonds. The highest BCUT2D eigenvalue weighted by Gasteiger charge is 2.24. The molecule has 2 N–H and O–H groups in total. The number of thiophene rings is 1. The lowest BCUT2D eigenvalue weighted by atomic mass is 10.3. The van der Waals surface area contributed by atoms with E-state index in [9.17, 15) is 8.42 Å². The predicted molar refractivity (Wildman–Crippen MR) is 85.2 cm³/mol. The third-order valence-electron chi connectivity index (χ3n) is 3.54. The summed E-state index contributed by atoms with van der Waals surface area (Å²) in [6.45, 7) is 4.94. The molecule has 1 aliphatic rings. The second-order valence-electron chi connectivity index (χ2n) is 5.47. The van der Waals surface area contributed by atoms with Crippen molar-refractivity contribution < 1.29 is 13.2 Å². The van der Waals surface area contributed by atoms with Crippen LogP contribution in [0.25, 0.3) is 0 Å². The van der Waals surface area contributed by atoms with E-state index in [0.717, 1.165) is 16.3 Å². The van der Waals surface area contributed by atoms with Crippen LogP contribution in [-0.4, -0.2) is 34.2 Å². The Kier molecular flexibility index (Phi) is 5.79. The molecule has 0 bridgehead atoms. The molecular formula is C14H24N2O3S2. The average Bonchev–Trinajstić information content (AvgIpc) is 3.18. The van der Waals surface area contributed by atoms with Crippen molar-refractivity contribution in [3.05, 3.63) is 15.8 Å². The minimum Gasteiger partial charge on any atom is -0.383 e. The van der Waals surface area contributed by atoms with Gasteiger partial charge < -0.3 is 10.1 Å². The minimum absolute atomic E-state index is 0.188. The van der Waals surface area contributed by atoms with E-state index in [2.05, 4.69) is 10.0 Å².